The molecule has 51 heavy (non-hydrogen) atoms. The minimum absolute atomic E-state index is 0.228. The molecule has 0 saturated carbocycles. The fourth-order valence-electron chi connectivity index (χ4n) is 6.40. The lowest BCUT2D eigenvalue weighted by atomic mass is 9.97. The van der Waals surface area contributed by atoms with E-state index in [0.29, 0.717) is 49.1 Å². The van der Waals surface area contributed by atoms with Crippen molar-refractivity contribution in [3.8, 4) is 33.9 Å². The first-order chi connectivity index (χ1) is 24.5. The van der Waals surface area contributed by atoms with Crippen LogP contribution in [-0.2, 0) is 20.9 Å². The molecule has 2 amide bonds. The second-order valence-electron chi connectivity index (χ2n) is 13.7. The summed E-state index contributed by atoms with van der Waals surface area (Å²) in [5, 5.41) is 7.26. The van der Waals surface area contributed by atoms with Gasteiger partial charge >= 0.3 is 6.09 Å². The molecule has 12 nitrogen and oxygen atoms in total. The van der Waals surface area contributed by atoms with Gasteiger partial charge in [0.1, 0.15) is 22.7 Å². The van der Waals surface area contributed by atoms with Gasteiger partial charge in [-0.25, -0.2) is 19.5 Å². The summed E-state index contributed by atoms with van der Waals surface area (Å²) in [6.07, 6.45) is 5.95. The Bertz CT molecular complexity index is 2000. The van der Waals surface area contributed by atoms with Crippen molar-refractivity contribution in [1.29, 1.82) is 0 Å². The van der Waals surface area contributed by atoms with Gasteiger partial charge in [0.25, 0.3) is 5.91 Å². The van der Waals surface area contributed by atoms with Crippen LogP contribution in [0.1, 0.15) is 81.7 Å². The number of pyridine rings is 1. The number of hydrogen-bond donors (Lipinski definition) is 1. The van der Waals surface area contributed by atoms with E-state index in [1.54, 1.807) is 11.1 Å². The zero-order chi connectivity index (χ0) is 36.3. The van der Waals surface area contributed by atoms with Crippen LogP contribution in [0.15, 0.2) is 60.9 Å². The van der Waals surface area contributed by atoms with Crippen LogP contribution in [0.25, 0.3) is 44.8 Å². The number of aromatic amines is 1. The van der Waals surface area contributed by atoms with E-state index < -0.39 is 5.60 Å². The topological polar surface area (TPSA) is 128 Å². The van der Waals surface area contributed by atoms with Crippen molar-refractivity contribution < 1.29 is 23.9 Å². The van der Waals surface area contributed by atoms with Gasteiger partial charge in [-0.2, -0.15) is 5.10 Å². The number of amides is 2. The summed E-state index contributed by atoms with van der Waals surface area (Å²) >= 11 is 0. The number of hydroxylamine groups is 2. The van der Waals surface area contributed by atoms with Crippen molar-refractivity contribution in [2.75, 3.05) is 26.8 Å². The quantitative estimate of drug-likeness (QED) is 0.146. The molecule has 5 aromatic rings. The highest BCUT2D eigenvalue weighted by Gasteiger charge is 2.28. The summed E-state index contributed by atoms with van der Waals surface area (Å²) < 4.78 is 13.8. The van der Waals surface area contributed by atoms with Crippen LogP contribution in [-0.4, -0.2) is 79.1 Å². The zero-order valence-corrected chi connectivity index (χ0v) is 30.5. The molecule has 0 bridgehead atoms. The molecular weight excluding hydrogens is 646 g/mol. The number of fused-ring (bicyclic) bond motifs is 1. The fourth-order valence-corrected chi connectivity index (χ4v) is 6.40. The third-order valence-corrected chi connectivity index (χ3v) is 9.08. The Morgan fingerprint density at radius 2 is 1.80 bits per heavy atom. The average molecular weight is 694 g/mol. The molecule has 1 unspecified atom stereocenters. The number of nitrogens with zero attached hydrogens (tertiary/aromatic N) is 6. The first-order valence-electron chi connectivity index (χ1n) is 17.6. The summed E-state index contributed by atoms with van der Waals surface area (Å²) in [4.78, 5) is 46.7. The van der Waals surface area contributed by atoms with Crippen molar-refractivity contribution in [2.24, 2.45) is 0 Å². The van der Waals surface area contributed by atoms with E-state index in [0.717, 1.165) is 58.0 Å². The highest BCUT2D eigenvalue weighted by atomic mass is 16.7. The maximum atomic E-state index is 13.7. The molecule has 0 aliphatic carbocycles. The summed E-state index contributed by atoms with van der Waals surface area (Å²) in [5.41, 5.74) is 6.31. The summed E-state index contributed by atoms with van der Waals surface area (Å²) in [7, 11) is 1.48. The van der Waals surface area contributed by atoms with Crippen LogP contribution in [0.2, 0.25) is 0 Å². The predicted octanol–water partition coefficient (Wildman–Crippen LogP) is 7.94. The molecule has 3 aromatic heterocycles. The van der Waals surface area contributed by atoms with Crippen LogP contribution >= 0.6 is 0 Å². The molecule has 1 fully saturated rings. The molecule has 6 rings (SSSR count). The third kappa shape index (κ3) is 7.52. The van der Waals surface area contributed by atoms with Crippen molar-refractivity contribution >= 4 is 22.9 Å². The number of aromatic nitrogens is 5. The molecule has 0 spiro atoms. The number of ether oxygens (including phenoxy) is 2. The van der Waals surface area contributed by atoms with Gasteiger partial charge in [0.05, 0.1) is 19.2 Å². The first kappa shape index (κ1) is 35.7. The maximum absolute atomic E-state index is 13.7. The average Bonchev–Trinajstić information content (AvgIpc) is 3.74. The number of rotatable bonds is 10. The molecule has 1 aliphatic rings. The normalized spacial score (nSPS) is 14.8. The number of nitrogens with one attached hydrogen (secondary N) is 1. The summed E-state index contributed by atoms with van der Waals surface area (Å²) in [6, 6.07) is 15.8. The largest absolute Gasteiger partial charge is 0.444 e. The van der Waals surface area contributed by atoms with Crippen molar-refractivity contribution in [1.82, 2.24) is 34.7 Å². The van der Waals surface area contributed by atoms with Crippen LogP contribution in [0.5, 0.6) is 0 Å². The van der Waals surface area contributed by atoms with Gasteiger partial charge in [0.15, 0.2) is 12.1 Å². The van der Waals surface area contributed by atoms with Crippen LogP contribution in [0, 0.1) is 6.92 Å². The minimum atomic E-state index is -0.594. The molecule has 268 valence electrons. The molecule has 1 N–H and O–H groups in total. The molecule has 1 atom stereocenters. The van der Waals surface area contributed by atoms with Crippen molar-refractivity contribution in [3.05, 3.63) is 77.7 Å². The van der Waals surface area contributed by atoms with E-state index in [4.69, 9.17) is 24.4 Å². The van der Waals surface area contributed by atoms with E-state index in [1.807, 2.05) is 82.8 Å². The van der Waals surface area contributed by atoms with Crippen molar-refractivity contribution in [2.45, 2.75) is 79.2 Å². The highest BCUT2D eigenvalue weighted by molar-refractivity contribution is 6.00. The Morgan fingerprint density at radius 1 is 1.02 bits per heavy atom. The van der Waals surface area contributed by atoms with E-state index >= 15 is 0 Å². The minimum Gasteiger partial charge on any atom is -0.444 e. The van der Waals surface area contributed by atoms with E-state index in [2.05, 4.69) is 28.2 Å². The van der Waals surface area contributed by atoms with Gasteiger partial charge in [-0.3, -0.25) is 14.6 Å². The van der Waals surface area contributed by atoms with Crippen LogP contribution < -0.4 is 0 Å². The van der Waals surface area contributed by atoms with Gasteiger partial charge in [-0.15, -0.1) is 0 Å². The lowest BCUT2D eigenvalue weighted by Gasteiger charge is -2.27. The SMILES string of the molecule is CCN(Cc1cncc(-c2ccc3c(c2)c(-c2nc(-c4ccccc4)c(C(=O)N(CC)OC)[nH]2)nn3C2CCCCO2)c1C)C(=O)OC(C)(C)C. The van der Waals surface area contributed by atoms with E-state index in [1.165, 1.54) is 12.2 Å². The monoisotopic (exact) mass is 693 g/mol. The Balaban J connectivity index is 1.47. The molecule has 2 aromatic carbocycles. The first-order valence-corrected chi connectivity index (χ1v) is 17.6. The standard InChI is InChI=1S/C39H47N7O5/c1-8-44(38(48)51-39(4,5)6)24-28-22-40-23-30(25(28)3)27-18-19-31-29(21-27)34(43-46(31)32-17-13-14-20-50-32)36-41-33(26-15-11-10-12-16-26)35(42-36)37(47)45(9-2)49-7/h10-12,15-16,18-19,21-23,32H,8-9,13-14,17,20,24H2,1-7H3,(H,41,42). The number of carbonyl (C=O) groups is 2. The van der Waals surface area contributed by atoms with Gasteiger partial charge < -0.3 is 19.4 Å². The number of benzene rings is 2. The molecule has 0 radical (unpaired) electrons. The molecule has 4 heterocycles. The van der Waals surface area contributed by atoms with Gasteiger partial charge in [-0.05, 0) is 89.6 Å². The van der Waals surface area contributed by atoms with E-state index in [9.17, 15) is 9.59 Å². The third-order valence-electron chi connectivity index (χ3n) is 9.08. The Kier molecular flexibility index (Phi) is 10.5. The number of H-pyrrole nitrogens is 1. The van der Waals surface area contributed by atoms with Gasteiger partial charge in [-0.1, -0.05) is 36.4 Å². The van der Waals surface area contributed by atoms with Gasteiger partial charge in [0.2, 0.25) is 0 Å². The molecular formula is C39H47N7O5. The predicted molar refractivity (Wildman–Crippen MR) is 196 cm³/mol. The highest BCUT2D eigenvalue weighted by Crippen LogP contribution is 2.37. The maximum Gasteiger partial charge on any atom is 0.410 e. The lowest BCUT2D eigenvalue weighted by molar-refractivity contribution is -0.0917. The smallest absolute Gasteiger partial charge is 0.410 e. The lowest BCUT2D eigenvalue weighted by Crippen LogP contribution is -2.36. The molecule has 1 aliphatic heterocycles. The summed E-state index contributed by atoms with van der Waals surface area (Å²) in [6.45, 7) is 13.3. The molecule has 12 heteroatoms. The zero-order valence-electron chi connectivity index (χ0n) is 30.5. The fraction of sp³-hybridized carbons (Fsp3) is 0.410. The Morgan fingerprint density at radius 3 is 2.47 bits per heavy atom. The number of imidazole rings is 1. The second-order valence-corrected chi connectivity index (χ2v) is 13.7. The van der Waals surface area contributed by atoms with Gasteiger partial charge in [0, 0.05) is 48.6 Å². The Hall–Kier alpha value is -5.07. The molecule has 1 saturated heterocycles. The Labute approximate surface area is 298 Å². The number of carbonyl (C=O) groups excluding carboxylic acids is 2. The van der Waals surface area contributed by atoms with E-state index in [-0.39, 0.29) is 18.2 Å². The second kappa shape index (κ2) is 15.0. The van der Waals surface area contributed by atoms with Crippen molar-refractivity contribution in [3.63, 3.8) is 0 Å². The van der Waals surface area contributed by atoms with Crippen LogP contribution in [0.4, 0.5) is 4.79 Å². The number of hydrogen-bond acceptors (Lipinski definition) is 8. The van der Waals surface area contributed by atoms with Crippen LogP contribution in [0.3, 0.4) is 0 Å². The summed E-state index contributed by atoms with van der Waals surface area (Å²) in [5.74, 6) is 0.129.